The highest BCUT2D eigenvalue weighted by Crippen LogP contribution is 2.45. The van der Waals surface area contributed by atoms with Gasteiger partial charge in [-0.25, -0.2) is 0 Å². The van der Waals surface area contributed by atoms with Crippen molar-refractivity contribution in [2.75, 3.05) is 0 Å². The van der Waals surface area contributed by atoms with Crippen LogP contribution in [0.4, 0.5) is 0 Å². The third kappa shape index (κ3) is 2.05. The van der Waals surface area contributed by atoms with Gasteiger partial charge in [-0.3, -0.25) is 4.98 Å². The van der Waals surface area contributed by atoms with Crippen molar-refractivity contribution in [2.24, 2.45) is 5.41 Å². The molecular weight excluding hydrogens is 256 g/mol. The van der Waals surface area contributed by atoms with Crippen LogP contribution in [0, 0.1) is 16.7 Å². The lowest BCUT2D eigenvalue weighted by atomic mass is 9.69. The molecule has 2 aromatic rings. The molecule has 0 amide bonds. The number of aliphatic hydroxyl groups excluding tert-OH is 1. The Bertz CT molecular complexity index is 617. The first kappa shape index (κ1) is 12.3. The van der Waals surface area contributed by atoms with Gasteiger partial charge in [0.15, 0.2) is 0 Å². The maximum atomic E-state index is 10.6. The molecule has 1 aromatic heterocycles. The number of aryl methyl sites for hydroxylation is 1. The molecule has 2 atom stereocenters. The van der Waals surface area contributed by atoms with E-state index in [9.17, 15) is 10.4 Å². The second kappa shape index (κ2) is 4.76. The Morgan fingerprint density at radius 2 is 2.16 bits per heavy atom. The average Bonchev–Trinajstić information content (AvgIpc) is 3.00. The molecule has 1 N–H and O–H groups in total. The number of thiazole rings is 1. The third-order valence-electron chi connectivity index (χ3n) is 3.93. The molecule has 3 rings (SSSR count). The summed E-state index contributed by atoms with van der Waals surface area (Å²) in [6.45, 7) is 0. The van der Waals surface area contributed by atoms with Crippen molar-refractivity contribution in [1.29, 1.82) is 5.26 Å². The van der Waals surface area contributed by atoms with E-state index >= 15 is 0 Å². The number of aromatic nitrogens is 1. The molecule has 19 heavy (non-hydrogen) atoms. The van der Waals surface area contributed by atoms with Crippen molar-refractivity contribution in [3.8, 4) is 6.07 Å². The largest absolute Gasteiger partial charge is 0.386 e. The fraction of sp³-hybridized carbons (Fsp3) is 0.333. The van der Waals surface area contributed by atoms with E-state index in [0.717, 1.165) is 11.3 Å². The van der Waals surface area contributed by atoms with Crippen LogP contribution in [0.1, 0.15) is 28.5 Å². The second-order valence-corrected chi connectivity index (χ2v) is 5.94. The van der Waals surface area contributed by atoms with Gasteiger partial charge in [-0.15, -0.1) is 11.3 Å². The number of aliphatic hydroxyl groups is 1. The first-order valence-electron chi connectivity index (χ1n) is 6.30. The summed E-state index contributed by atoms with van der Waals surface area (Å²) in [5.74, 6) is 0. The minimum atomic E-state index is -0.752. The summed E-state index contributed by atoms with van der Waals surface area (Å²) in [5, 5.41) is 20.2. The fourth-order valence-corrected chi connectivity index (χ4v) is 3.50. The summed E-state index contributed by atoms with van der Waals surface area (Å²) in [5.41, 5.74) is 3.45. The maximum Gasteiger partial charge on any atom is 0.109 e. The lowest BCUT2D eigenvalue weighted by Gasteiger charge is -2.35. The summed E-state index contributed by atoms with van der Waals surface area (Å²) in [6.07, 6.45) is 3.06. The normalized spacial score (nSPS) is 23.4. The molecule has 0 spiro atoms. The maximum absolute atomic E-state index is 10.6. The second-order valence-electron chi connectivity index (χ2n) is 5.02. The summed E-state index contributed by atoms with van der Waals surface area (Å²) in [4.78, 5) is 4.78. The molecule has 4 heteroatoms. The molecule has 1 heterocycles. The lowest BCUT2D eigenvalue weighted by Crippen LogP contribution is -2.33. The zero-order chi connectivity index (χ0) is 13.3. The molecule has 1 aliphatic carbocycles. The first-order chi connectivity index (χ1) is 9.25. The zero-order valence-corrected chi connectivity index (χ0v) is 11.2. The Kier molecular flexibility index (Phi) is 3.09. The lowest BCUT2D eigenvalue weighted by molar-refractivity contribution is 0.0554. The molecular formula is C15H14N2OS. The number of hydrogen-bond acceptors (Lipinski definition) is 4. The van der Waals surface area contributed by atoms with Crippen LogP contribution in [0.5, 0.6) is 0 Å². The van der Waals surface area contributed by atoms with Crippen molar-refractivity contribution in [1.82, 2.24) is 4.98 Å². The molecule has 2 unspecified atom stereocenters. The van der Waals surface area contributed by atoms with Crippen molar-refractivity contribution in [2.45, 2.75) is 25.4 Å². The minimum absolute atomic E-state index is 0.610. The van der Waals surface area contributed by atoms with Crippen LogP contribution in [-0.4, -0.2) is 10.1 Å². The number of fused-ring (bicyclic) bond motifs is 1. The Hall–Kier alpha value is -1.70. The van der Waals surface area contributed by atoms with Gasteiger partial charge in [-0.1, -0.05) is 24.3 Å². The van der Waals surface area contributed by atoms with Crippen LogP contribution in [0.2, 0.25) is 0 Å². The van der Waals surface area contributed by atoms with Crippen LogP contribution >= 0.6 is 11.3 Å². The van der Waals surface area contributed by atoms with Gasteiger partial charge in [0.1, 0.15) is 6.10 Å². The predicted molar refractivity (Wildman–Crippen MR) is 73.6 cm³/mol. The van der Waals surface area contributed by atoms with Crippen LogP contribution in [0.25, 0.3) is 0 Å². The topological polar surface area (TPSA) is 56.9 Å². The predicted octanol–water partition coefficient (Wildman–Crippen LogP) is 2.88. The number of nitriles is 1. The van der Waals surface area contributed by atoms with Gasteiger partial charge in [0, 0.05) is 6.20 Å². The Balaban J connectivity index is 1.97. The van der Waals surface area contributed by atoms with E-state index in [1.54, 1.807) is 11.7 Å². The van der Waals surface area contributed by atoms with E-state index < -0.39 is 11.5 Å². The molecule has 0 saturated heterocycles. The van der Waals surface area contributed by atoms with E-state index in [0.29, 0.717) is 12.8 Å². The van der Waals surface area contributed by atoms with Crippen molar-refractivity contribution < 1.29 is 5.11 Å². The van der Waals surface area contributed by atoms with E-state index in [-0.39, 0.29) is 0 Å². The van der Waals surface area contributed by atoms with Gasteiger partial charge in [0.05, 0.1) is 21.9 Å². The zero-order valence-electron chi connectivity index (χ0n) is 10.4. The SMILES string of the molecule is N#CC1(C(O)c2cncs2)CCc2ccccc2C1. The van der Waals surface area contributed by atoms with Gasteiger partial charge in [0.25, 0.3) is 0 Å². The van der Waals surface area contributed by atoms with Crippen molar-refractivity contribution in [3.05, 3.63) is 52.0 Å². The number of hydrogen-bond donors (Lipinski definition) is 1. The quantitative estimate of drug-likeness (QED) is 0.913. The Morgan fingerprint density at radius 1 is 1.37 bits per heavy atom. The Morgan fingerprint density at radius 3 is 2.84 bits per heavy atom. The fourth-order valence-electron chi connectivity index (χ4n) is 2.78. The monoisotopic (exact) mass is 270 g/mol. The van der Waals surface area contributed by atoms with E-state index in [4.69, 9.17) is 0 Å². The summed E-state index contributed by atoms with van der Waals surface area (Å²) < 4.78 is 0. The van der Waals surface area contributed by atoms with Crippen LogP contribution in [0.3, 0.4) is 0 Å². The van der Waals surface area contributed by atoms with E-state index in [1.165, 1.54) is 22.5 Å². The van der Waals surface area contributed by atoms with Gasteiger partial charge < -0.3 is 5.11 Å². The summed E-state index contributed by atoms with van der Waals surface area (Å²) in [7, 11) is 0. The van der Waals surface area contributed by atoms with Crippen molar-refractivity contribution >= 4 is 11.3 Å². The molecule has 0 bridgehead atoms. The van der Waals surface area contributed by atoms with Crippen LogP contribution in [0.15, 0.2) is 36.0 Å². The molecule has 0 fully saturated rings. The third-order valence-corrected chi connectivity index (χ3v) is 4.76. The van der Waals surface area contributed by atoms with E-state index in [1.807, 2.05) is 12.1 Å². The number of rotatable bonds is 2. The molecule has 1 aromatic carbocycles. The Labute approximate surface area is 116 Å². The van der Waals surface area contributed by atoms with Crippen LogP contribution in [-0.2, 0) is 12.8 Å². The van der Waals surface area contributed by atoms with Gasteiger partial charge >= 0.3 is 0 Å². The smallest absolute Gasteiger partial charge is 0.109 e. The summed E-state index contributed by atoms with van der Waals surface area (Å²) in [6, 6.07) is 10.6. The molecule has 96 valence electrons. The number of nitrogens with zero attached hydrogens (tertiary/aromatic N) is 2. The van der Waals surface area contributed by atoms with Gasteiger partial charge in [-0.2, -0.15) is 5.26 Å². The van der Waals surface area contributed by atoms with Crippen LogP contribution < -0.4 is 0 Å². The highest BCUT2D eigenvalue weighted by atomic mass is 32.1. The van der Waals surface area contributed by atoms with Crippen molar-refractivity contribution in [3.63, 3.8) is 0 Å². The number of benzene rings is 1. The molecule has 0 radical (unpaired) electrons. The highest BCUT2D eigenvalue weighted by Gasteiger charge is 2.42. The molecule has 1 aliphatic rings. The van der Waals surface area contributed by atoms with E-state index in [2.05, 4.69) is 23.2 Å². The first-order valence-corrected chi connectivity index (χ1v) is 7.18. The molecule has 0 saturated carbocycles. The molecule has 0 aliphatic heterocycles. The average molecular weight is 270 g/mol. The summed E-state index contributed by atoms with van der Waals surface area (Å²) >= 11 is 1.41. The minimum Gasteiger partial charge on any atom is -0.386 e. The van der Waals surface area contributed by atoms with Gasteiger partial charge in [0.2, 0.25) is 0 Å². The van der Waals surface area contributed by atoms with Gasteiger partial charge in [-0.05, 0) is 30.4 Å². The standard InChI is InChI=1S/C15H14N2OS/c16-9-15(14(18)13-8-17-10-19-13)6-5-11-3-1-2-4-12(11)7-15/h1-4,8,10,14,18H,5-7H2. The molecule has 3 nitrogen and oxygen atoms in total. The highest BCUT2D eigenvalue weighted by molar-refractivity contribution is 7.09.